The zero-order valence-electron chi connectivity index (χ0n) is 18.5. The Morgan fingerprint density at radius 1 is 1.15 bits per heavy atom. The van der Waals surface area contributed by atoms with E-state index in [0.717, 1.165) is 11.1 Å². The van der Waals surface area contributed by atoms with E-state index >= 15 is 0 Å². The van der Waals surface area contributed by atoms with Crippen molar-refractivity contribution in [2.45, 2.75) is 6.04 Å². The third-order valence-corrected chi connectivity index (χ3v) is 5.48. The summed E-state index contributed by atoms with van der Waals surface area (Å²) in [7, 11) is 3.13. The molecule has 4 aromatic rings. The molecule has 11 heteroatoms. The van der Waals surface area contributed by atoms with Crippen molar-refractivity contribution in [2.75, 3.05) is 26.1 Å². The molecule has 178 valence electrons. The van der Waals surface area contributed by atoms with Gasteiger partial charge < -0.3 is 26.3 Å². The van der Waals surface area contributed by atoms with Crippen molar-refractivity contribution >= 4 is 46.8 Å². The second-order valence-electron chi connectivity index (χ2n) is 7.23. The third-order valence-electron chi connectivity index (χ3n) is 5.24. The minimum atomic E-state index is -0.611. The van der Waals surface area contributed by atoms with Crippen LogP contribution in [0.3, 0.4) is 0 Å². The summed E-state index contributed by atoms with van der Waals surface area (Å²) in [6.45, 7) is 0.245. The van der Waals surface area contributed by atoms with Gasteiger partial charge in [-0.25, -0.2) is 9.97 Å². The number of aromatic nitrogens is 3. The lowest BCUT2D eigenvalue weighted by molar-refractivity contribution is 0.100. The minimum absolute atomic E-state index is 0. The zero-order valence-corrected chi connectivity index (χ0v) is 20.1. The molecular weight excluding hydrogens is 479 g/mol. The maximum absolute atomic E-state index is 12.1. The monoisotopic (exact) mass is 502 g/mol. The molecule has 0 fully saturated rings. The Morgan fingerprint density at radius 3 is 2.53 bits per heavy atom. The molecule has 1 atom stereocenters. The lowest BCUT2D eigenvalue weighted by Gasteiger charge is -2.20. The fourth-order valence-electron chi connectivity index (χ4n) is 3.58. The van der Waals surface area contributed by atoms with Gasteiger partial charge in [-0.05, 0) is 29.8 Å². The van der Waals surface area contributed by atoms with Crippen LogP contribution in [0.5, 0.6) is 11.5 Å². The average Bonchev–Trinajstić information content (AvgIpc) is 3.24. The summed E-state index contributed by atoms with van der Waals surface area (Å²) in [5.41, 5.74) is 14.2. The number of nitrogens with zero attached hydrogens (tertiary/aromatic N) is 3. The number of nitrogens with one attached hydrogen (secondary N) is 1. The Hall–Kier alpha value is -3.53. The Morgan fingerprint density at radius 2 is 1.88 bits per heavy atom. The molecule has 1 unspecified atom stereocenters. The lowest BCUT2D eigenvalue weighted by Crippen LogP contribution is -2.24. The normalized spacial score (nSPS) is 11.5. The number of hydrogen-bond donors (Lipinski definition) is 3. The number of ether oxygens (including phenoxy) is 2. The fourth-order valence-corrected chi connectivity index (χ4v) is 3.78. The molecule has 0 radical (unpaired) electrons. The number of amides is 1. The van der Waals surface area contributed by atoms with E-state index in [2.05, 4.69) is 15.3 Å². The Labute approximate surface area is 207 Å². The predicted octanol–water partition coefficient (Wildman–Crippen LogP) is 3.72. The summed E-state index contributed by atoms with van der Waals surface area (Å²) in [5, 5.41) is 3.82. The van der Waals surface area contributed by atoms with Gasteiger partial charge >= 0.3 is 0 Å². The van der Waals surface area contributed by atoms with Crippen LogP contribution in [-0.2, 0) is 0 Å². The van der Waals surface area contributed by atoms with Crippen LogP contribution in [0.2, 0.25) is 5.02 Å². The number of imidazole rings is 1. The summed E-state index contributed by atoms with van der Waals surface area (Å²) in [5.74, 6) is 1.35. The number of primary amides is 1. The molecule has 0 saturated heterocycles. The van der Waals surface area contributed by atoms with Gasteiger partial charge in [0.15, 0.2) is 11.5 Å². The first-order valence-electron chi connectivity index (χ1n) is 10.1. The number of carbonyl (C=O) groups is 1. The van der Waals surface area contributed by atoms with Gasteiger partial charge in [0.2, 0.25) is 0 Å². The number of fused-ring (bicyclic) bond motifs is 1. The van der Waals surface area contributed by atoms with E-state index in [1.165, 1.54) is 0 Å². The summed E-state index contributed by atoms with van der Waals surface area (Å²) in [4.78, 5) is 21.2. The number of benzene rings is 2. The van der Waals surface area contributed by atoms with Crippen LogP contribution >= 0.6 is 24.0 Å². The van der Waals surface area contributed by atoms with E-state index < -0.39 is 5.91 Å². The topological polar surface area (TPSA) is 130 Å². The largest absolute Gasteiger partial charge is 0.493 e. The van der Waals surface area contributed by atoms with E-state index in [4.69, 9.17) is 32.5 Å². The van der Waals surface area contributed by atoms with Crippen LogP contribution in [0, 0.1) is 0 Å². The highest BCUT2D eigenvalue weighted by atomic mass is 35.5. The molecule has 2 heterocycles. The molecule has 2 aromatic heterocycles. The number of carbonyl (C=O) groups excluding carboxylic acids is 1. The maximum Gasteiger partial charge on any atom is 0.252 e. The van der Waals surface area contributed by atoms with Crippen molar-refractivity contribution in [3.63, 3.8) is 0 Å². The molecule has 0 bridgehead atoms. The SMILES string of the molecule is COc1cc2ncn(-c3ccc(C(N)=O)c(NC(CN)c4cccc(Cl)c4)n3)c2cc1OC.Cl. The van der Waals surface area contributed by atoms with Gasteiger partial charge in [-0.3, -0.25) is 9.36 Å². The Balaban J connectivity index is 0.00000324. The minimum Gasteiger partial charge on any atom is -0.493 e. The summed E-state index contributed by atoms with van der Waals surface area (Å²) < 4.78 is 12.6. The van der Waals surface area contributed by atoms with Crippen LogP contribution in [0.15, 0.2) is 54.9 Å². The average molecular weight is 503 g/mol. The molecule has 0 aliphatic heterocycles. The molecule has 34 heavy (non-hydrogen) atoms. The van der Waals surface area contributed by atoms with Crippen molar-refractivity contribution in [1.29, 1.82) is 0 Å². The summed E-state index contributed by atoms with van der Waals surface area (Å²) in [6, 6.07) is 13.9. The molecule has 1 amide bonds. The number of anilines is 1. The Bertz CT molecular complexity index is 1330. The number of nitrogens with two attached hydrogens (primary N) is 2. The molecule has 0 spiro atoms. The fraction of sp³-hybridized carbons (Fsp3) is 0.174. The van der Waals surface area contributed by atoms with Gasteiger partial charge in [-0.1, -0.05) is 23.7 Å². The van der Waals surface area contributed by atoms with Crippen molar-refractivity contribution < 1.29 is 14.3 Å². The summed E-state index contributed by atoms with van der Waals surface area (Å²) in [6.07, 6.45) is 1.64. The van der Waals surface area contributed by atoms with Crippen molar-refractivity contribution in [2.24, 2.45) is 11.5 Å². The highest BCUT2D eigenvalue weighted by molar-refractivity contribution is 6.30. The molecular formula is C23H24Cl2N6O3. The Kier molecular flexibility index (Phi) is 7.83. The van der Waals surface area contributed by atoms with Crippen LogP contribution in [0.4, 0.5) is 5.82 Å². The number of halogens is 2. The van der Waals surface area contributed by atoms with E-state index in [-0.39, 0.29) is 30.6 Å². The highest BCUT2D eigenvalue weighted by Gasteiger charge is 2.18. The van der Waals surface area contributed by atoms with Gasteiger partial charge in [-0.15, -0.1) is 12.4 Å². The number of hydrogen-bond acceptors (Lipinski definition) is 7. The van der Waals surface area contributed by atoms with E-state index in [1.807, 2.05) is 24.3 Å². The lowest BCUT2D eigenvalue weighted by atomic mass is 10.1. The summed E-state index contributed by atoms with van der Waals surface area (Å²) >= 11 is 6.14. The molecule has 0 aliphatic carbocycles. The first-order valence-corrected chi connectivity index (χ1v) is 10.4. The molecule has 5 N–H and O–H groups in total. The van der Waals surface area contributed by atoms with Crippen LogP contribution in [-0.4, -0.2) is 41.2 Å². The second kappa shape index (κ2) is 10.6. The van der Waals surface area contributed by atoms with E-state index in [9.17, 15) is 4.79 Å². The van der Waals surface area contributed by atoms with Crippen molar-refractivity contribution in [1.82, 2.24) is 14.5 Å². The van der Waals surface area contributed by atoms with Crippen LogP contribution < -0.4 is 26.3 Å². The van der Waals surface area contributed by atoms with Crippen molar-refractivity contribution in [3.05, 3.63) is 71.0 Å². The van der Waals surface area contributed by atoms with Gasteiger partial charge in [-0.2, -0.15) is 0 Å². The molecule has 9 nitrogen and oxygen atoms in total. The number of rotatable bonds is 8. The molecule has 0 aliphatic rings. The molecule has 4 rings (SSSR count). The smallest absolute Gasteiger partial charge is 0.252 e. The molecule has 2 aromatic carbocycles. The second-order valence-corrected chi connectivity index (χ2v) is 7.66. The standard InChI is InChI=1S/C23H23ClN6O3.ClH/c1-32-19-9-16-18(10-20(19)33-2)30(12-27-16)21-7-6-15(22(26)31)23(29-21)28-17(11-25)13-4-3-5-14(24)8-13;/h3-10,12,17H,11,25H2,1-2H3,(H2,26,31)(H,28,29);1H. The van der Waals surface area contributed by atoms with Gasteiger partial charge in [0.1, 0.15) is 18.0 Å². The van der Waals surface area contributed by atoms with Gasteiger partial charge in [0, 0.05) is 23.7 Å². The number of pyridine rings is 1. The third kappa shape index (κ3) is 4.86. The quantitative estimate of drug-likeness (QED) is 0.334. The first kappa shape index (κ1) is 25.1. The van der Waals surface area contributed by atoms with Crippen LogP contribution in [0.1, 0.15) is 22.0 Å². The zero-order chi connectivity index (χ0) is 23.5. The number of methoxy groups -OCH3 is 2. The highest BCUT2D eigenvalue weighted by Crippen LogP contribution is 2.33. The van der Waals surface area contributed by atoms with E-state index in [0.29, 0.717) is 33.7 Å². The first-order chi connectivity index (χ1) is 15.9. The van der Waals surface area contributed by atoms with Crippen LogP contribution in [0.25, 0.3) is 16.9 Å². The van der Waals surface area contributed by atoms with Gasteiger partial charge in [0.05, 0.1) is 36.9 Å². The predicted molar refractivity (Wildman–Crippen MR) is 135 cm³/mol. The molecule has 0 saturated carbocycles. The maximum atomic E-state index is 12.1. The van der Waals surface area contributed by atoms with E-state index in [1.54, 1.807) is 49.4 Å². The van der Waals surface area contributed by atoms with Gasteiger partial charge in [0.25, 0.3) is 5.91 Å². The van der Waals surface area contributed by atoms with Crippen molar-refractivity contribution in [3.8, 4) is 17.3 Å².